The van der Waals surface area contributed by atoms with Crippen LogP contribution in [-0.4, -0.2) is 36.9 Å². The van der Waals surface area contributed by atoms with Gasteiger partial charge in [-0.1, -0.05) is 0 Å². The number of carbonyl (C=O) groups excluding carboxylic acids is 1. The van der Waals surface area contributed by atoms with E-state index in [9.17, 15) is 9.59 Å². The van der Waals surface area contributed by atoms with Gasteiger partial charge < -0.3 is 24.9 Å². The number of hydrogen-bond donors (Lipinski definition) is 3. The Morgan fingerprint density at radius 1 is 1.47 bits per heavy atom. The fourth-order valence-electron chi connectivity index (χ4n) is 1.50. The first-order valence-corrected chi connectivity index (χ1v) is 5.86. The first-order chi connectivity index (χ1) is 9.04. The van der Waals surface area contributed by atoms with Gasteiger partial charge in [-0.15, -0.1) is 0 Å². The Bertz CT molecular complexity index is 404. The molecule has 0 aliphatic heterocycles. The number of amides is 2. The van der Waals surface area contributed by atoms with Crippen LogP contribution in [0.4, 0.5) is 4.79 Å². The van der Waals surface area contributed by atoms with Crippen molar-refractivity contribution in [3.63, 3.8) is 0 Å². The molecule has 0 bridgehead atoms. The summed E-state index contributed by atoms with van der Waals surface area (Å²) in [4.78, 5) is 22.6. The van der Waals surface area contributed by atoms with Gasteiger partial charge in [0.1, 0.15) is 11.8 Å². The van der Waals surface area contributed by atoms with E-state index in [-0.39, 0.29) is 19.1 Å². The molecule has 0 aliphatic rings. The molecule has 0 aromatic carbocycles. The van der Waals surface area contributed by atoms with Crippen LogP contribution in [0.5, 0.6) is 0 Å². The topological polar surface area (TPSA) is 101 Å². The maximum absolute atomic E-state index is 11.7. The smallest absolute Gasteiger partial charge is 0.326 e. The molecule has 1 rings (SSSR count). The van der Waals surface area contributed by atoms with E-state index in [4.69, 9.17) is 14.3 Å². The second kappa shape index (κ2) is 7.42. The van der Waals surface area contributed by atoms with Crippen molar-refractivity contribution in [1.29, 1.82) is 0 Å². The lowest BCUT2D eigenvalue weighted by Gasteiger charge is -2.17. The SMILES string of the molecule is COCCC(NC(=O)NC(C)c1ccco1)C(=O)O. The van der Waals surface area contributed by atoms with Gasteiger partial charge in [0.2, 0.25) is 0 Å². The summed E-state index contributed by atoms with van der Waals surface area (Å²) in [6.07, 6.45) is 1.71. The molecule has 1 heterocycles. The standard InChI is InChI=1S/C12H18N2O5/c1-8(10-4-3-6-19-10)13-12(17)14-9(11(15)16)5-7-18-2/h3-4,6,8-9H,5,7H2,1-2H3,(H,15,16)(H2,13,14,17). The van der Waals surface area contributed by atoms with E-state index in [1.54, 1.807) is 19.1 Å². The quantitative estimate of drug-likeness (QED) is 0.689. The van der Waals surface area contributed by atoms with Crippen LogP contribution in [0.1, 0.15) is 25.1 Å². The molecule has 2 unspecified atom stereocenters. The normalized spacial score (nSPS) is 13.6. The molecule has 0 saturated heterocycles. The summed E-state index contributed by atoms with van der Waals surface area (Å²) in [5, 5.41) is 13.9. The number of hydrogen-bond acceptors (Lipinski definition) is 4. The summed E-state index contributed by atoms with van der Waals surface area (Å²) in [7, 11) is 1.47. The Kier molecular flexibility index (Phi) is 5.87. The van der Waals surface area contributed by atoms with Crippen LogP contribution in [0.25, 0.3) is 0 Å². The minimum absolute atomic E-state index is 0.203. The van der Waals surface area contributed by atoms with Gasteiger partial charge in [-0.2, -0.15) is 0 Å². The zero-order valence-corrected chi connectivity index (χ0v) is 10.9. The number of carbonyl (C=O) groups is 2. The van der Waals surface area contributed by atoms with Crippen molar-refractivity contribution in [3.8, 4) is 0 Å². The molecule has 0 saturated carbocycles. The highest BCUT2D eigenvalue weighted by molar-refractivity contribution is 5.82. The number of rotatable bonds is 7. The molecule has 106 valence electrons. The second-order valence-electron chi connectivity index (χ2n) is 4.03. The minimum Gasteiger partial charge on any atom is -0.480 e. The van der Waals surface area contributed by atoms with Crippen molar-refractivity contribution < 1.29 is 23.8 Å². The highest BCUT2D eigenvalue weighted by Gasteiger charge is 2.20. The fourth-order valence-corrected chi connectivity index (χ4v) is 1.50. The first kappa shape index (κ1) is 15.0. The molecule has 0 radical (unpaired) electrons. The average Bonchev–Trinajstić information content (AvgIpc) is 2.87. The summed E-state index contributed by atoms with van der Waals surface area (Å²) in [5.74, 6) is -0.503. The highest BCUT2D eigenvalue weighted by atomic mass is 16.5. The van der Waals surface area contributed by atoms with Gasteiger partial charge in [0.05, 0.1) is 12.3 Å². The maximum Gasteiger partial charge on any atom is 0.326 e. The largest absolute Gasteiger partial charge is 0.480 e. The molecule has 0 aliphatic carbocycles. The Hall–Kier alpha value is -2.02. The van der Waals surface area contributed by atoms with Gasteiger partial charge in [0.25, 0.3) is 0 Å². The lowest BCUT2D eigenvalue weighted by molar-refractivity contribution is -0.139. The van der Waals surface area contributed by atoms with E-state index < -0.39 is 18.0 Å². The van der Waals surface area contributed by atoms with E-state index in [0.717, 1.165) is 0 Å². The van der Waals surface area contributed by atoms with Crippen LogP contribution < -0.4 is 10.6 Å². The van der Waals surface area contributed by atoms with Crippen LogP contribution >= 0.6 is 0 Å². The average molecular weight is 270 g/mol. The zero-order valence-electron chi connectivity index (χ0n) is 10.9. The molecule has 7 nitrogen and oxygen atoms in total. The molecule has 0 fully saturated rings. The lowest BCUT2D eigenvalue weighted by Crippen LogP contribution is -2.47. The number of carboxylic acid groups (broad SMARTS) is 1. The highest BCUT2D eigenvalue weighted by Crippen LogP contribution is 2.11. The Morgan fingerprint density at radius 3 is 2.74 bits per heavy atom. The predicted octanol–water partition coefficient (Wildman–Crippen LogP) is 1.13. The lowest BCUT2D eigenvalue weighted by atomic mass is 10.2. The number of ether oxygens (including phenoxy) is 1. The summed E-state index contributed by atoms with van der Waals surface area (Å²) < 4.78 is 9.93. The van der Waals surface area contributed by atoms with Crippen LogP contribution in [0.3, 0.4) is 0 Å². The summed E-state index contributed by atoms with van der Waals surface area (Å²) in [6, 6.07) is 1.55. The van der Waals surface area contributed by atoms with Crippen LogP contribution in [0.2, 0.25) is 0 Å². The molecular weight excluding hydrogens is 252 g/mol. The van der Waals surface area contributed by atoms with Gasteiger partial charge in [0.15, 0.2) is 0 Å². The minimum atomic E-state index is -1.10. The summed E-state index contributed by atoms with van der Waals surface area (Å²) in [6.45, 7) is 1.99. The second-order valence-corrected chi connectivity index (χ2v) is 4.03. The van der Waals surface area contributed by atoms with E-state index in [0.29, 0.717) is 5.76 Å². The molecule has 7 heteroatoms. The van der Waals surface area contributed by atoms with Crippen molar-refractivity contribution in [2.24, 2.45) is 0 Å². The van der Waals surface area contributed by atoms with Gasteiger partial charge in [0, 0.05) is 20.1 Å². The number of nitrogens with one attached hydrogen (secondary N) is 2. The molecule has 2 atom stereocenters. The third-order valence-electron chi connectivity index (χ3n) is 2.53. The van der Waals surface area contributed by atoms with Gasteiger partial charge in [-0.05, 0) is 19.1 Å². The predicted molar refractivity (Wildman–Crippen MR) is 66.7 cm³/mol. The molecule has 2 amide bonds. The molecule has 1 aromatic rings. The molecule has 1 aromatic heterocycles. The van der Waals surface area contributed by atoms with Crippen molar-refractivity contribution >= 4 is 12.0 Å². The van der Waals surface area contributed by atoms with Crippen molar-refractivity contribution in [1.82, 2.24) is 10.6 Å². The van der Waals surface area contributed by atoms with Crippen molar-refractivity contribution in [2.75, 3.05) is 13.7 Å². The van der Waals surface area contributed by atoms with E-state index in [1.807, 2.05) is 0 Å². The number of methoxy groups -OCH3 is 1. The Balaban J connectivity index is 2.46. The number of aliphatic carboxylic acids is 1. The number of carboxylic acids is 1. The maximum atomic E-state index is 11.7. The Morgan fingerprint density at radius 2 is 2.21 bits per heavy atom. The van der Waals surface area contributed by atoms with Gasteiger partial charge in [-0.25, -0.2) is 9.59 Å². The van der Waals surface area contributed by atoms with Crippen LogP contribution in [-0.2, 0) is 9.53 Å². The van der Waals surface area contributed by atoms with E-state index in [1.165, 1.54) is 13.4 Å². The molecule has 19 heavy (non-hydrogen) atoms. The van der Waals surface area contributed by atoms with Crippen molar-refractivity contribution in [2.45, 2.75) is 25.4 Å². The molecule has 3 N–H and O–H groups in total. The van der Waals surface area contributed by atoms with Crippen molar-refractivity contribution in [3.05, 3.63) is 24.2 Å². The summed E-state index contributed by atoms with van der Waals surface area (Å²) in [5.41, 5.74) is 0. The zero-order chi connectivity index (χ0) is 14.3. The molecule has 0 spiro atoms. The fraction of sp³-hybridized carbons (Fsp3) is 0.500. The van der Waals surface area contributed by atoms with Gasteiger partial charge in [-0.3, -0.25) is 0 Å². The molecular formula is C12H18N2O5. The van der Waals surface area contributed by atoms with Gasteiger partial charge >= 0.3 is 12.0 Å². The first-order valence-electron chi connectivity index (χ1n) is 5.86. The van der Waals surface area contributed by atoms with Crippen LogP contribution in [0, 0.1) is 0 Å². The van der Waals surface area contributed by atoms with E-state index >= 15 is 0 Å². The Labute approximate surface area is 110 Å². The monoisotopic (exact) mass is 270 g/mol. The number of urea groups is 1. The summed E-state index contributed by atoms with van der Waals surface area (Å²) >= 11 is 0. The number of furan rings is 1. The third-order valence-corrected chi connectivity index (χ3v) is 2.53. The van der Waals surface area contributed by atoms with E-state index in [2.05, 4.69) is 10.6 Å². The third kappa shape index (κ3) is 5.01. The van der Waals surface area contributed by atoms with Crippen LogP contribution in [0.15, 0.2) is 22.8 Å².